The van der Waals surface area contributed by atoms with Crippen molar-refractivity contribution in [3.8, 4) is 0 Å². The zero-order valence-electron chi connectivity index (χ0n) is 89.3. The number of nitrogens with zero attached hydrogens (tertiary/aromatic N) is 6. The second-order valence-electron chi connectivity index (χ2n) is 49.2. The number of hydrogen-bond acceptors (Lipinski definition) is 33. The average Bonchev–Trinajstić information content (AvgIpc) is 1.19. The van der Waals surface area contributed by atoms with E-state index in [1.165, 1.54) is 16.2 Å². The standard InChI is InChI=1S/C19H28NO4.C18H25NO6.4C17H25NO6.3Zn/c1-11-5-6-15-13(3)17(20-10-12(2)21)22-16-9-18(4)8-7-14(11)19(15,16)24-23-18;1-9-4-5-18-10(2)13(22)19(8-11(20)21)14-12(18)17(9)7-6-16(3,23-14)25-24-15(17)18;3*1-9-4-5-12-10(2)14(18-8-13(19)20)21-15-17(12)11(9)6-7-16(3,22-15)23-24-17;1-9-4-5-12-10(2)14(21)18(8-13(19)20)15-17(12)11(9)6-7-16(3,22-15)23-24-17;;;/h11,13-16H,2,5-10H2,1,3-4H3;9-10,12,14-15H,4-8H2,1-3H3,(H,20,21);4*9-12,15H,4-8H2,1-3H3,(H,19,20);;;/q-1;;;;;;;;/t11-,13-,14?,15?,16-,18-,19?;9-,10+,12?,14?,15?,16+,17?,18?;2*9-,10-,11?,12?,15-,16+,17?;9-,10-,11?,12?,15-,16-,17?;9-,10-,11?,12?,15?,16-,17?;;;/m111111.../s1. The van der Waals surface area contributed by atoms with Crippen molar-refractivity contribution < 1.29 is 224 Å². The van der Waals surface area contributed by atoms with E-state index in [0.717, 1.165) is 141 Å². The molecule has 0 aromatic rings. The van der Waals surface area contributed by atoms with E-state index in [9.17, 15) is 48.6 Å². The van der Waals surface area contributed by atoms with Gasteiger partial charge in [0.25, 0.3) is 0 Å². The summed E-state index contributed by atoms with van der Waals surface area (Å²) >= 11 is 0. The number of carbonyl (C=O) groups is 8. The first-order valence-electron chi connectivity index (χ1n) is 53.9. The molecule has 2 amide bonds. The van der Waals surface area contributed by atoms with Gasteiger partial charge in [-0.25, -0.2) is 73.6 Å². The number of amides is 2. The van der Waals surface area contributed by atoms with Gasteiger partial charge in [0, 0.05) is 202 Å². The molecule has 13 bridgehead atoms. The third kappa shape index (κ3) is 18.3. The number of carboxylic acid groups (broad SMARTS) is 5. The number of hydrogen-bond donors (Lipinski definition) is 5. The number of ketones is 1. The second kappa shape index (κ2) is 41.4. The van der Waals surface area contributed by atoms with E-state index in [2.05, 4.69) is 82.3 Å². The Labute approximate surface area is 903 Å². The fraction of sp³-hybridized carbons (Fsp3) is 0.876. The predicted octanol–water partition coefficient (Wildman–Crippen LogP) is 13.7. The molecule has 43 atom stereocenters. The van der Waals surface area contributed by atoms with Gasteiger partial charge < -0.3 is 89.7 Å². The number of aliphatic carboxylic acids is 5. The van der Waals surface area contributed by atoms with Crippen LogP contribution in [0.4, 0.5) is 0 Å². The summed E-state index contributed by atoms with van der Waals surface area (Å²) in [4.78, 5) is 183. The SMILES string of the molecule is C[C@@H]1CCC23C4OO[C@@]5(C)CCC41C2C(O5)N(CC(=O)O)C(=O)[C@@H]3C.C[C@@H]1CCC2[C@@H](C)C(=NCC(=O)O)O[C@@H]3O[C@@]4(C)CCC1C23OO4.C[C@@H]1CCC2[C@@H](C)C(=NCC(=O)O)O[C@@H]3O[C@]4(C)CCC1C23OO4.C[C@@H]1CCC2[C@@H](C)C(=NCC(=O)O)O[C@@H]3O[C@]4(C)CCC1C23OO4.C[C@@H]1CCC2[C@@H](C)C(=O)N(CC(=O)O)C3O[C@@]4(C)CCC1C23OO4.[CH2-]C(=O)CN=C1O[C@@H]2C[C@@]3(C)CCC4[C@H](C)CCC([C@H]1C)C42OO3.[Zn].[Zn].[Zn]. The smallest absolute Gasteiger partial charge is 0.325 e. The summed E-state index contributed by atoms with van der Waals surface area (Å²) < 4.78 is 55.6. The minimum absolute atomic E-state index is 0. The molecule has 0 radical (unpaired) electrons. The first kappa shape index (κ1) is 114. The summed E-state index contributed by atoms with van der Waals surface area (Å²) in [6, 6.07) is 0. The van der Waals surface area contributed by atoms with Crippen LogP contribution in [-0.2, 0) is 198 Å². The van der Waals surface area contributed by atoms with Crippen LogP contribution >= 0.6 is 0 Å². The molecule has 22 aliphatic heterocycles. The van der Waals surface area contributed by atoms with E-state index in [-0.39, 0.29) is 221 Å². The molecule has 148 heavy (non-hydrogen) atoms. The molecule has 0 aromatic carbocycles. The van der Waals surface area contributed by atoms with Gasteiger partial charge in [-0.2, -0.15) is 0 Å². The maximum absolute atomic E-state index is 13.1. The molecule has 21 unspecified atom stereocenters. The van der Waals surface area contributed by atoms with Crippen molar-refractivity contribution in [3.05, 3.63) is 6.92 Å². The van der Waals surface area contributed by atoms with Crippen molar-refractivity contribution >= 4 is 71.0 Å². The van der Waals surface area contributed by atoms with Crippen LogP contribution in [0.2, 0.25) is 0 Å². The van der Waals surface area contributed by atoms with E-state index in [1.54, 1.807) is 6.92 Å². The molecule has 22 saturated heterocycles. The molecule has 43 heteroatoms. The summed E-state index contributed by atoms with van der Waals surface area (Å²) in [6.07, 6.45) is 20.6. The number of likely N-dealkylation sites (tertiary alicyclic amines) is 2. The molecule has 9 aliphatic carbocycles. The van der Waals surface area contributed by atoms with Gasteiger partial charge in [-0.3, -0.25) is 38.6 Å². The number of piperidine rings is 2. The Balaban J connectivity index is 0.000000121. The molecular formula is C105H153N6O34Zn3-. The molecule has 31 aliphatic rings. The molecule has 814 valence electrons. The molecule has 40 nitrogen and oxygen atoms in total. The largest absolute Gasteiger partial charge is 0.480 e. The van der Waals surface area contributed by atoms with Crippen LogP contribution in [0.5, 0.6) is 0 Å². The van der Waals surface area contributed by atoms with Crippen LogP contribution in [0.25, 0.3) is 0 Å². The number of Topliss-reactive ketones (excluding diaryl/α,β-unsaturated/α-hetero) is 1. The first-order valence-corrected chi connectivity index (χ1v) is 53.9. The Morgan fingerprint density at radius 3 is 1.10 bits per heavy atom. The summed E-state index contributed by atoms with van der Waals surface area (Å²) in [5.41, 5.74) is -3.69. The molecule has 5 N–H and O–H groups in total. The Morgan fingerprint density at radius 2 is 0.689 bits per heavy atom. The van der Waals surface area contributed by atoms with Crippen LogP contribution in [0.15, 0.2) is 20.0 Å². The van der Waals surface area contributed by atoms with Crippen LogP contribution in [0, 0.1) is 154 Å². The number of ether oxygens (including phenoxy) is 9. The van der Waals surface area contributed by atoms with E-state index in [4.69, 9.17) is 117 Å². The summed E-state index contributed by atoms with van der Waals surface area (Å²) in [5.74, 6) is -2.77. The first-order chi connectivity index (χ1) is 68.5. The molecule has 31 rings (SSSR count). The average molecular weight is 2240 g/mol. The number of carbonyl (C=O) groups excluding carboxylic acids is 3. The van der Waals surface area contributed by atoms with Crippen LogP contribution in [0.3, 0.4) is 0 Å². The molecule has 7 spiro atoms. The predicted molar refractivity (Wildman–Crippen MR) is 503 cm³/mol. The minimum Gasteiger partial charge on any atom is -0.480 e. The van der Waals surface area contributed by atoms with Gasteiger partial charge in [0.05, 0.1) is 6.54 Å². The summed E-state index contributed by atoms with van der Waals surface area (Å²) in [7, 11) is 0. The van der Waals surface area contributed by atoms with Gasteiger partial charge in [-0.15, -0.1) is 0 Å². The maximum atomic E-state index is 13.1. The van der Waals surface area contributed by atoms with Crippen molar-refractivity contribution in [1.82, 2.24) is 9.80 Å². The van der Waals surface area contributed by atoms with Gasteiger partial charge >= 0.3 is 29.8 Å². The zero-order chi connectivity index (χ0) is 104. The normalized spacial score (nSPS) is 51.1. The van der Waals surface area contributed by atoms with E-state index in [0.29, 0.717) is 102 Å². The molecule has 0 aromatic heterocycles. The van der Waals surface area contributed by atoms with Gasteiger partial charge in [0.15, 0.2) is 52.2 Å². The quantitative estimate of drug-likeness (QED) is 0.0688. The Morgan fingerprint density at radius 1 is 0.338 bits per heavy atom. The second-order valence-corrected chi connectivity index (χ2v) is 49.2. The zero-order valence-corrected chi connectivity index (χ0v) is 98.2. The van der Waals surface area contributed by atoms with Crippen LogP contribution in [0.1, 0.15) is 285 Å². The van der Waals surface area contributed by atoms with Crippen LogP contribution < -0.4 is 0 Å². The molecule has 31 fully saturated rings. The Bertz CT molecular complexity index is 4770. The molecule has 22 heterocycles. The van der Waals surface area contributed by atoms with E-state index in [1.807, 2.05) is 62.3 Å². The summed E-state index contributed by atoms with van der Waals surface area (Å²) in [5, 5.41) is 45.4. The van der Waals surface area contributed by atoms with Crippen molar-refractivity contribution in [1.29, 1.82) is 0 Å². The molecule has 9 saturated carbocycles. The minimum atomic E-state index is -1.04. The number of aliphatic imine (C=N–C) groups is 4. The van der Waals surface area contributed by atoms with Crippen molar-refractivity contribution in [2.45, 2.75) is 391 Å². The number of rotatable bonds is 12. The van der Waals surface area contributed by atoms with Crippen molar-refractivity contribution in [2.24, 2.45) is 167 Å². The van der Waals surface area contributed by atoms with E-state index < -0.39 is 113 Å². The third-order valence-electron chi connectivity index (χ3n) is 40.8. The van der Waals surface area contributed by atoms with E-state index >= 15 is 0 Å². The van der Waals surface area contributed by atoms with Gasteiger partial charge in [-0.1, -0.05) is 83.1 Å². The third-order valence-corrected chi connectivity index (χ3v) is 40.8. The van der Waals surface area contributed by atoms with Crippen LogP contribution in [-0.4, -0.2) is 252 Å². The monoisotopic (exact) mass is 2230 g/mol. The van der Waals surface area contributed by atoms with Gasteiger partial charge in [0.1, 0.15) is 62.4 Å². The van der Waals surface area contributed by atoms with Crippen molar-refractivity contribution in [3.63, 3.8) is 0 Å². The number of carboxylic acids is 5. The molecular weight excluding hydrogens is 2090 g/mol. The summed E-state index contributed by atoms with van der Waals surface area (Å²) in [6.45, 7) is 38.9. The van der Waals surface area contributed by atoms with Gasteiger partial charge in [0.2, 0.25) is 59.6 Å². The fourth-order valence-corrected chi connectivity index (χ4v) is 33.4. The Hall–Kier alpha value is -5.10. The fourth-order valence-electron chi connectivity index (χ4n) is 33.4. The maximum Gasteiger partial charge on any atom is 0.325 e. The number of fused-ring (bicyclic) bond motifs is 14. The van der Waals surface area contributed by atoms with Gasteiger partial charge in [-0.05, 0) is 211 Å². The van der Waals surface area contributed by atoms with Crippen molar-refractivity contribution in [2.75, 3.05) is 39.3 Å². The Kier molecular flexibility index (Phi) is 31.9. The topological polar surface area (TPSA) is 487 Å².